The highest BCUT2D eigenvalue weighted by Crippen LogP contribution is 2.39. The summed E-state index contributed by atoms with van der Waals surface area (Å²) < 4.78 is 5.29. The van der Waals surface area contributed by atoms with Crippen LogP contribution >= 0.6 is 0 Å². The highest BCUT2D eigenvalue weighted by atomic mass is 16.6. The monoisotopic (exact) mass is 284 g/mol. The molecule has 1 saturated carbocycles. The molecule has 4 nitrogen and oxygen atoms in total. The van der Waals surface area contributed by atoms with E-state index in [-0.39, 0.29) is 12.1 Å². The predicted octanol–water partition coefficient (Wildman–Crippen LogP) is 3.44. The molecule has 0 aliphatic heterocycles. The number of nitrogens with one attached hydrogen (secondary N) is 1. The molecule has 1 aliphatic carbocycles. The van der Waals surface area contributed by atoms with E-state index in [1.807, 2.05) is 20.8 Å². The summed E-state index contributed by atoms with van der Waals surface area (Å²) in [4.78, 5) is 11.8. The van der Waals surface area contributed by atoms with Crippen molar-refractivity contribution in [3.63, 3.8) is 0 Å². The zero-order valence-corrected chi connectivity index (χ0v) is 13.8. The maximum Gasteiger partial charge on any atom is 0.407 e. The van der Waals surface area contributed by atoms with Gasteiger partial charge in [-0.3, -0.25) is 0 Å². The van der Waals surface area contributed by atoms with Gasteiger partial charge in [-0.1, -0.05) is 13.8 Å². The van der Waals surface area contributed by atoms with Gasteiger partial charge in [0.25, 0.3) is 0 Å². The third-order valence-electron chi connectivity index (χ3n) is 4.08. The molecule has 1 aliphatic rings. The fourth-order valence-electron chi connectivity index (χ4n) is 2.79. The second-order valence-corrected chi connectivity index (χ2v) is 7.92. The topological polar surface area (TPSA) is 64.3 Å². The van der Waals surface area contributed by atoms with Crippen LogP contribution in [0.1, 0.15) is 66.7 Å². The Morgan fingerprint density at radius 1 is 1.35 bits per heavy atom. The van der Waals surface area contributed by atoms with Gasteiger partial charge in [0.2, 0.25) is 0 Å². The summed E-state index contributed by atoms with van der Waals surface area (Å²) in [6.07, 6.45) is 5.61. The maximum absolute atomic E-state index is 11.8. The lowest BCUT2D eigenvalue weighted by Crippen LogP contribution is -2.44. The summed E-state index contributed by atoms with van der Waals surface area (Å²) in [6, 6.07) is 0.0241. The Hall–Kier alpha value is -0.770. The minimum Gasteiger partial charge on any atom is -0.444 e. The van der Waals surface area contributed by atoms with Crippen LogP contribution in [0, 0.1) is 11.3 Å². The lowest BCUT2D eigenvalue weighted by molar-refractivity contribution is 0.0493. The molecule has 20 heavy (non-hydrogen) atoms. The quantitative estimate of drug-likeness (QED) is 0.831. The van der Waals surface area contributed by atoms with Gasteiger partial charge in [0.05, 0.1) is 0 Å². The molecule has 0 bridgehead atoms. The fraction of sp³-hybridized carbons (Fsp3) is 0.938. The van der Waals surface area contributed by atoms with Crippen molar-refractivity contribution in [3.05, 3.63) is 0 Å². The normalized spacial score (nSPS) is 21.3. The minimum atomic E-state index is -0.460. The van der Waals surface area contributed by atoms with Gasteiger partial charge in [-0.25, -0.2) is 4.79 Å². The second-order valence-electron chi connectivity index (χ2n) is 7.92. The minimum absolute atomic E-state index is 0.0241. The Labute approximate surface area is 123 Å². The van der Waals surface area contributed by atoms with E-state index in [4.69, 9.17) is 10.5 Å². The number of hydrogen-bond donors (Lipinski definition) is 2. The number of carbonyl (C=O) groups excluding carboxylic acids is 1. The van der Waals surface area contributed by atoms with E-state index in [1.165, 1.54) is 25.7 Å². The number of carbonyl (C=O) groups is 1. The van der Waals surface area contributed by atoms with Gasteiger partial charge in [0.15, 0.2) is 0 Å². The van der Waals surface area contributed by atoms with Crippen LogP contribution in [-0.2, 0) is 4.74 Å². The van der Waals surface area contributed by atoms with E-state index in [0.29, 0.717) is 17.9 Å². The number of rotatable bonds is 4. The third-order valence-corrected chi connectivity index (χ3v) is 4.08. The largest absolute Gasteiger partial charge is 0.444 e. The average Bonchev–Trinajstić information content (AvgIpc) is 2.28. The molecule has 1 unspecified atom stereocenters. The Morgan fingerprint density at radius 2 is 1.90 bits per heavy atom. The van der Waals surface area contributed by atoms with Crippen molar-refractivity contribution >= 4 is 6.09 Å². The lowest BCUT2D eigenvalue weighted by Gasteiger charge is -2.35. The Bertz CT molecular complexity index is 311. The highest BCUT2D eigenvalue weighted by molar-refractivity contribution is 5.68. The standard InChI is InChI=1S/C16H32N2O2/c1-15(2,3)20-14(19)18-13(11-17)10-12-6-8-16(4,5)9-7-12/h12-13H,6-11,17H2,1-5H3,(H,18,19). The van der Waals surface area contributed by atoms with Crippen LogP contribution in [-0.4, -0.2) is 24.3 Å². The first-order chi connectivity index (χ1) is 9.11. The Kier molecular flexibility index (Phi) is 5.87. The van der Waals surface area contributed by atoms with Crippen molar-refractivity contribution in [3.8, 4) is 0 Å². The summed E-state index contributed by atoms with van der Waals surface area (Å²) in [5.74, 6) is 0.673. The molecule has 1 fully saturated rings. The molecule has 1 atom stereocenters. The Morgan fingerprint density at radius 3 is 2.35 bits per heavy atom. The predicted molar refractivity (Wildman–Crippen MR) is 82.6 cm³/mol. The van der Waals surface area contributed by atoms with Gasteiger partial charge in [0, 0.05) is 12.6 Å². The van der Waals surface area contributed by atoms with E-state index in [0.717, 1.165) is 6.42 Å². The van der Waals surface area contributed by atoms with Crippen LogP contribution in [0.15, 0.2) is 0 Å². The molecule has 1 rings (SSSR count). The molecule has 0 aromatic heterocycles. The first-order valence-corrected chi connectivity index (χ1v) is 7.81. The number of ether oxygens (including phenoxy) is 1. The molecule has 1 amide bonds. The second kappa shape index (κ2) is 6.79. The summed E-state index contributed by atoms with van der Waals surface area (Å²) in [5.41, 5.74) is 5.80. The first-order valence-electron chi connectivity index (χ1n) is 7.81. The van der Waals surface area contributed by atoms with E-state index in [1.54, 1.807) is 0 Å². The summed E-state index contributed by atoms with van der Waals surface area (Å²) in [5, 5.41) is 2.91. The van der Waals surface area contributed by atoms with Gasteiger partial charge in [0.1, 0.15) is 5.60 Å². The first kappa shape index (κ1) is 17.3. The van der Waals surface area contributed by atoms with Crippen LogP contribution < -0.4 is 11.1 Å². The van der Waals surface area contributed by atoms with E-state index < -0.39 is 5.60 Å². The SMILES string of the molecule is CC1(C)CCC(CC(CN)NC(=O)OC(C)(C)C)CC1. The highest BCUT2D eigenvalue weighted by Gasteiger charge is 2.28. The zero-order valence-electron chi connectivity index (χ0n) is 13.8. The van der Waals surface area contributed by atoms with Crippen molar-refractivity contribution < 1.29 is 9.53 Å². The average molecular weight is 284 g/mol. The van der Waals surface area contributed by atoms with Crippen LogP contribution in [0.2, 0.25) is 0 Å². The van der Waals surface area contributed by atoms with Crippen LogP contribution in [0.5, 0.6) is 0 Å². The maximum atomic E-state index is 11.8. The van der Waals surface area contributed by atoms with Crippen LogP contribution in [0.3, 0.4) is 0 Å². The lowest BCUT2D eigenvalue weighted by atomic mass is 9.71. The van der Waals surface area contributed by atoms with Crippen LogP contribution in [0.4, 0.5) is 4.79 Å². The molecule has 3 N–H and O–H groups in total. The van der Waals surface area contributed by atoms with Gasteiger partial charge >= 0.3 is 6.09 Å². The molecule has 0 radical (unpaired) electrons. The Balaban J connectivity index is 2.38. The van der Waals surface area contributed by atoms with E-state index >= 15 is 0 Å². The van der Waals surface area contributed by atoms with Crippen LogP contribution in [0.25, 0.3) is 0 Å². The zero-order chi connectivity index (χ0) is 15.4. The van der Waals surface area contributed by atoms with E-state index in [2.05, 4.69) is 19.2 Å². The molecule has 4 heteroatoms. The summed E-state index contributed by atoms with van der Waals surface area (Å²) in [7, 11) is 0. The van der Waals surface area contributed by atoms with Gasteiger partial charge in [-0.05, 0) is 64.2 Å². The molecule has 0 spiro atoms. The van der Waals surface area contributed by atoms with Crippen molar-refractivity contribution in [1.82, 2.24) is 5.32 Å². The molecule has 0 aromatic rings. The van der Waals surface area contributed by atoms with Crippen molar-refractivity contribution in [1.29, 1.82) is 0 Å². The van der Waals surface area contributed by atoms with Crippen molar-refractivity contribution in [2.45, 2.75) is 78.4 Å². The van der Waals surface area contributed by atoms with Gasteiger partial charge in [-0.2, -0.15) is 0 Å². The molecule has 0 heterocycles. The smallest absolute Gasteiger partial charge is 0.407 e. The number of alkyl carbamates (subject to hydrolysis) is 1. The van der Waals surface area contributed by atoms with E-state index in [9.17, 15) is 4.79 Å². The number of amides is 1. The van der Waals surface area contributed by atoms with Gasteiger partial charge in [-0.15, -0.1) is 0 Å². The van der Waals surface area contributed by atoms with Crippen molar-refractivity contribution in [2.75, 3.05) is 6.54 Å². The molecule has 118 valence electrons. The third kappa shape index (κ3) is 6.60. The molecular weight excluding hydrogens is 252 g/mol. The van der Waals surface area contributed by atoms with Crippen molar-refractivity contribution in [2.24, 2.45) is 17.1 Å². The number of nitrogens with two attached hydrogens (primary N) is 1. The van der Waals surface area contributed by atoms with Gasteiger partial charge < -0.3 is 15.8 Å². The summed E-state index contributed by atoms with van der Waals surface area (Å²) in [6.45, 7) is 10.7. The molecular formula is C16H32N2O2. The molecule has 0 aromatic carbocycles. The fourth-order valence-corrected chi connectivity index (χ4v) is 2.79. The molecule has 0 saturated heterocycles. The number of hydrogen-bond acceptors (Lipinski definition) is 3. The summed E-state index contributed by atoms with van der Waals surface area (Å²) >= 11 is 0.